The number of hydrogen-bond acceptors (Lipinski definition) is 3. The van der Waals surface area contributed by atoms with E-state index in [2.05, 4.69) is 21.2 Å². The summed E-state index contributed by atoms with van der Waals surface area (Å²) in [5.74, 6) is 0.0302. The number of ether oxygens (including phenoxy) is 1. The van der Waals surface area contributed by atoms with Crippen LogP contribution in [0.4, 0.5) is 0 Å². The molecule has 1 N–H and O–H groups in total. The second-order valence-electron chi connectivity index (χ2n) is 8.42. The predicted molar refractivity (Wildman–Crippen MR) is 143 cm³/mol. The van der Waals surface area contributed by atoms with Crippen LogP contribution in [0.2, 0.25) is 5.02 Å². The standard InChI is InChI=1S/C28H30BrClN2O3/c1-3-20(2)31-28(34)26(16-21-8-5-4-6-9-21)32(18-22-12-14-23(29)15-13-22)27(33)19-35-25-11-7-10-24(30)17-25/h4-15,17,20,26H,3,16,18-19H2,1-2H3,(H,31,34)/t20-,26+/m1/s1. The Kier molecular flexibility index (Phi) is 10.2. The maximum atomic E-state index is 13.5. The van der Waals surface area contributed by atoms with E-state index >= 15 is 0 Å². The smallest absolute Gasteiger partial charge is 0.261 e. The fourth-order valence-corrected chi connectivity index (χ4v) is 4.01. The molecule has 2 atom stereocenters. The lowest BCUT2D eigenvalue weighted by atomic mass is 10.0. The second kappa shape index (κ2) is 13.3. The molecule has 7 heteroatoms. The number of carbonyl (C=O) groups excluding carboxylic acids is 2. The largest absolute Gasteiger partial charge is 0.484 e. The maximum absolute atomic E-state index is 13.5. The van der Waals surface area contributed by atoms with Crippen LogP contribution in [-0.4, -0.2) is 35.4 Å². The van der Waals surface area contributed by atoms with Crippen molar-refractivity contribution in [2.24, 2.45) is 0 Å². The molecular weight excluding hydrogens is 528 g/mol. The van der Waals surface area contributed by atoms with Gasteiger partial charge in [-0.15, -0.1) is 0 Å². The van der Waals surface area contributed by atoms with Gasteiger partial charge in [-0.05, 0) is 54.8 Å². The van der Waals surface area contributed by atoms with Crippen molar-refractivity contribution in [3.8, 4) is 5.75 Å². The third kappa shape index (κ3) is 8.41. The van der Waals surface area contributed by atoms with E-state index in [0.717, 1.165) is 22.0 Å². The zero-order valence-electron chi connectivity index (χ0n) is 19.9. The first-order valence-corrected chi connectivity index (χ1v) is 12.8. The first kappa shape index (κ1) is 26.8. The lowest BCUT2D eigenvalue weighted by molar-refractivity contribution is -0.143. The number of carbonyl (C=O) groups is 2. The summed E-state index contributed by atoms with van der Waals surface area (Å²) in [5, 5.41) is 3.59. The average molecular weight is 558 g/mol. The van der Waals surface area contributed by atoms with Crippen molar-refractivity contribution in [3.63, 3.8) is 0 Å². The molecule has 0 aliphatic carbocycles. The second-order valence-corrected chi connectivity index (χ2v) is 9.77. The van der Waals surface area contributed by atoms with Crippen LogP contribution >= 0.6 is 27.5 Å². The first-order chi connectivity index (χ1) is 16.9. The summed E-state index contributed by atoms with van der Waals surface area (Å²) in [6.07, 6.45) is 1.19. The number of nitrogens with zero attached hydrogens (tertiary/aromatic N) is 1. The van der Waals surface area contributed by atoms with Crippen molar-refractivity contribution in [1.82, 2.24) is 10.2 Å². The van der Waals surface area contributed by atoms with E-state index in [1.165, 1.54) is 0 Å². The number of benzene rings is 3. The molecule has 0 saturated heterocycles. The van der Waals surface area contributed by atoms with E-state index in [4.69, 9.17) is 16.3 Å². The molecule has 0 radical (unpaired) electrons. The first-order valence-electron chi connectivity index (χ1n) is 11.6. The highest BCUT2D eigenvalue weighted by atomic mass is 79.9. The highest BCUT2D eigenvalue weighted by molar-refractivity contribution is 9.10. The van der Waals surface area contributed by atoms with Crippen LogP contribution in [0.3, 0.4) is 0 Å². The number of rotatable bonds is 11. The van der Waals surface area contributed by atoms with Gasteiger partial charge in [0, 0.05) is 28.5 Å². The third-order valence-corrected chi connectivity index (χ3v) is 6.46. The molecule has 3 aromatic carbocycles. The summed E-state index contributed by atoms with van der Waals surface area (Å²) in [7, 11) is 0. The highest BCUT2D eigenvalue weighted by Gasteiger charge is 2.31. The van der Waals surface area contributed by atoms with Crippen molar-refractivity contribution in [1.29, 1.82) is 0 Å². The van der Waals surface area contributed by atoms with E-state index in [-0.39, 0.29) is 31.0 Å². The number of amides is 2. The summed E-state index contributed by atoms with van der Waals surface area (Å²) in [5.41, 5.74) is 1.89. The van der Waals surface area contributed by atoms with Crippen LogP contribution in [-0.2, 0) is 22.6 Å². The summed E-state index contributed by atoms with van der Waals surface area (Å²) >= 11 is 9.51. The fraction of sp³-hybridized carbons (Fsp3) is 0.286. The van der Waals surface area contributed by atoms with Gasteiger partial charge in [-0.25, -0.2) is 0 Å². The average Bonchev–Trinajstić information content (AvgIpc) is 2.86. The monoisotopic (exact) mass is 556 g/mol. The molecule has 0 saturated carbocycles. The van der Waals surface area contributed by atoms with Gasteiger partial charge >= 0.3 is 0 Å². The van der Waals surface area contributed by atoms with Gasteiger partial charge in [0.05, 0.1) is 0 Å². The molecule has 3 aromatic rings. The van der Waals surface area contributed by atoms with E-state index in [1.807, 2.05) is 68.4 Å². The molecule has 0 heterocycles. The minimum atomic E-state index is -0.703. The van der Waals surface area contributed by atoms with Crippen molar-refractivity contribution >= 4 is 39.3 Å². The normalized spacial score (nSPS) is 12.5. The Morgan fingerprint density at radius 3 is 2.37 bits per heavy atom. The Balaban J connectivity index is 1.90. The summed E-state index contributed by atoms with van der Waals surface area (Å²) in [6, 6.07) is 23.7. The van der Waals surface area contributed by atoms with Crippen LogP contribution in [0.1, 0.15) is 31.4 Å². The van der Waals surface area contributed by atoms with Crippen molar-refractivity contribution in [2.45, 2.75) is 45.3 Å². The molecular formula is C28H30BrClN2O3. The van der Waals surface area contributed by atoms with Crippen molar-refractivity contribution < 1.29 is 14.3 Å². The van der Waals surface area contributed by atoms with Crippen molar-refractivity contribution in [3.05, 3.63) is 99.5 Å². The van der Waals surface area contributed by atoms with Crippen LogP contribution in [0, 0.1) is 0 Å². The summed E-state index contributed by atoms with van der Waals surface area (Å²) in [4.78, 5) is 28.6. The number of halogens is 2. The van der Waals surface area contributed by atoms with Crippen LogP contribution in [0.15, 0.2) is 83.3 Å². The molecule has 2 amide bonds. The molecule has 0 fully saturated rings. The van der Waals surface area contributed by atoms with E-state index in [0.29, 0.717) is 17.2 Å². The van der Waals surface area contributed by atoms with E-state index in [1.54, 1.807) is 29.2 Å². The molecule has 0 spiro atoms. The third-order valence-electron chi connectivity index (χ3n) is 5.70. The van der Waals surface area contributed by atoms with Crippen molar-refractivity contribution in [2.75, 3.05) is 6.61 Å². The molecule has 0 unspecified atom stereocenters. The minimum Gasteiger partial charge on any atom is -0.484 e. The predicted octanol–water partition coefficient (Wildman–Crippen LogP) is 6.04. The zero-order valence-corrected chi connectivity index (χ0v) is 22.3. The number of nitrogens with one attached hydrogen (secondary N) is 1. The SMILES string of the molecule is CC[C@@H](C)NC(=O)[C@H](Cc1ccccc1)N(Cc1ccc(Br)cc1)C(=O)COc1cccc(Cl)c1. The molecule has 0 aliphatic rings. The molecule has 3 rings (SSSR count). The molecule has 0 aliphatic heterocycles. The zero-order chi connectivity index (χ0) is 25.2. The Morgan fingerprint density at radius 2 is 1.71 bits per heavy atom. The van der Waals surface area contributed by atoms with Gasteiger partial charge in [-0.1, -0.05) is 83.0 Å². The summed E-state index contributed by atoms with van der Waals surface area (Å²) in [6.45, 7) is 4.04. The molecule has 0 aromatic heterocycles. The lowest BCUT2D eigenvalue weighted by Gasteiger charge is -2.32. The lowest BCUT2D eigenvalue weighted by Crippen LogP contribution is -2.53. The Hall–Kier alpha value is -2.83. The number of hydrogen-bond donors (Lipinski definition) is 1. The summed E-state index contributed by atoms with van der Waals surface area (Å²) < 4.78 is 6.70. The fourth-order valence-electron chi connectivity index (χ4n) is 3.57. The van der Waals surface area contributed by atoms with Gasteiger partial charge in [0.15, 0.2) is 6.61 Å². The van der Waals surface area contributed by atoms with E-state index in [9.17, 15) is 9.59 Å². The van der Waals surface area contributed by atoms with Gasteiger partial charge in [0.2, 0.25) is 5.91 Å². The quantitative estimate of drug-likeness (QED) is 0.313. The van der Waals surface area contributed by atoms with Gasteiger partial charge in [0.1, 0.15) is 11.8 Å². The van der Waals surface area contributed by atoms with Crippen LogP contribution in [0.25, 0.3) is 0 Å². The highest BCUT2D eigenvalue weighted by Crippen LogP contribution is 2.20. The van der Waals surface area contributed by atoms with Gasteiger partial charge in [-0.2, -0.15) is 0 Å². The maximum Gasteiger partial charge on any atom is 0.261 e. The Bertz CT molecular complexity index is 1110. The van der Waals surface area contributed by atoms with Gasteiger partial charge in [-0.3, -0.25) is 9.59 Å². The van der Waals surface area contributed by atoms with E-state index < -0.39 is 6.04 Å². The molecule has 5 nitrogen and oxygen atoms in total. The van der Waals surface area contributed by atoms with Gasteiger partial charge in [0.25, 0.3) is 5.91 Å². The van der Waals surface area contributed by atoms with Crippen LogP contribution < -0.4 is 10.1 Å². The Labute approximate surface area is 220 Å². The topological polar surface area (TPSA) is 58.6 Å². The van der Waals surface area contributed by atoms with Gasteiger partial charge < -0.3 is 15.0 Å². The molecule has 35 heavy (non-hydrogen) atoms. The van der Waals surface area contributed by atoms with Crippen LogP contribution in [0.5, 0.6) is 5.75 Å². The molecule has 184 valence electrons. The minimum absolute atomic E-state index is 0.00637. The molecule has 0 bridgehead atoms. The Morgan fingerprint density at radius 1 is 1.00 bits per heavy atom.